The van der Waals surface area contributed by atoms with Crippen molar-refractivity contribution in [1.82, 2.24) is 4.90 Å². The third kappa shape index (κ3) is 5.12. The van der Waals surface area contributed by atoms with Crippen molar-refractivity contribution < 1.29 is 19.1 Å². The molecule has 7 nitrogen and oxygen atoms in total. The van der Waals surface area contributed by atoms with Gasteiger partial charge in [-0.05, 0) is 54.8 Å². The van der Waals surface area contributed by atoms with Crippen molar-refractivity contribution in [2.45, 2.75) is 27.7 Å². The van der Waals surface area contributed by atoms with Crippen LogP contribution in [0, 0.1) is 5.92 Å². The number of benzene rings is 2. The molecule has 3 rings (SSSR count). The Bertz CT molecular complexity index is 1010. The Labute approximate surface area is 182 Å². The summed E-state index contributed by atoms with van der Waals surface area (Å²) < 4.78 is 5.48. The van der Waals surface area contributed by atoms with Crippen LogP contribution >= 0.6 is 0 Å². The topological polar surface area (TPSA) is 87.7 Å². The maximum Gasteiger partial charge on any atom is 0.278 e. The molecule has 31 heavy (non-hydrogen) atoms. The number of nitrogens with one attached hydrogen (secondary N) is 2. The van der Waals surface area contributed by atoms with Crippen LogP contribution < -0.4 is 15.4 Å². The molecule has 0 aliphatic carbocycles. The van der Waals surface area contributed by atoms with Crippen LogP contribution in [0.2, 0.25) is 0 Å². The van der Waals surface area contributed by atoms with E-state index in [0.717, 1.165) is 0 Å². The van der Waals surface area contributed by atoms with Crippen LogP contribution in [-0.2, 0) is 14.4 Å². The summed E-state index contributed by atoms with van der Waals surface area (Å²) in [6.45, 7) is 8.14. The highest BCUT2D eigenvalue weighted by Crippen LogP contribution is 2.32. The maximum absolute atomic E-state index is 13.2. The minimum atomic E-state index is -0.353. The van der Waals surface area contributed by atoms with Gasteiger partial charge < -0.3 is 15.4 Å². The Kier molecular flexibility index (Phi) is 6.74. The van der Waals surface area contributed by atoms with Gasteiger partial charge in [-0.1, -0.05) is 26.0 Å². The van der Waals surface area contributed by atoms with Gasteiger partial charge in [0.1, 0.15) is 11.4 Å². The lowest BCUT2D eigenvalue weighted by Crippen LogP contribution is -2.35. The van der Waals surface area contributed by atoms with E-state index in [2.05, 4.69) is 10.6 Å². The first kappa shape index (κ1) is 22.1. The Morgan fingerprint density at radius 2 is 1.58 bits per heavy atom. The SMILES string of the molecule is CCOc1ccc(C2=C(Nc3ccc(NC(C)=O)cc3)C(=O)N(CC(C)C)C2=O)cc1. The molecule has 0 aromatic heterocycles. The van der Waals surface area contributed by atoms with Gasteiger partial charge in [0.05, 0.1) is 12.2 Å². The summed E-state index contributed by atoms with van der Waals surface area (Å²) in [6, 6.07) is 14.1. The molecular formula is C24H27N3O4. The van der Waals surface area contributed by atoms with E-state index in [9.17, 15) is 14.4 Å². The molecule has 2 N–H and O–H groups in total. The van der Waals surface area contributed by atoms with Crippen molar-refractivity contribution in [1.29, 1.82) is 0 Å². The summed E-state index contributed by atoms with van der Waals surface area (Å²) in [5, 5.41) is 5.82. The van der Waals surface area contributed by atoms with E-state index in [4.69, 9.17) is 4.74 Å². The minimum absolute atomic E-state index is 0.144. The van der Waals surface area contributed by atoms with Crippen LogP contribution in [0.3, 0.4) is 0 Å². The fourth-order valence-corrected chi connectivity index (χ4v) is 3.36. The summed E-state index contributed by atoms with van der Waals surface area (Å²) in [7, 11) is 0. The fourth-order valence-electron chi connectivity index (χ4n) is 3.36. The summed E-state index contributed by atoms with van der Waals surface area (Å²) in [5.41, 5.74) is 2.50. The van der Waals surface area contributed by atoms with E-state index in [1.54, 1.807) is 48.5 Å². The number of imide groups is 1. The number of anilines is 2. The molecule has 0 saturated heterocycles. The second-order valence-electron chi connectivity index (χ2n) is 7.71. The average Bonchev–Trinajstić information content (AvgIpc) is 2.94. The highest BCUT2D eigenvalue weighted by Gasteiger charge is 2.39. The highest BCUT2D eigenvalue weighted by molar-refractivity contribution is 6.36. The third-order valence-corrected chi connectivity index (χ3v) is 4.64. The van der Waals surface area contributed by atoms with Crippen molar-refractivity contribution in [3.05, 3.63) is 59.8 Å². The lowest BCUT2D eigenvalue weighted by molar-refractivity contribution is -0.137. The zero-order chi connectivity index (χ0) is 22.5. The molecule has 0 atom stereocenters. The van der Waals surface area contributed by atoms with Gasteiger partial charge in [0.25, 0.3) is 11.8 Å². The molecule has 3 amide bonds. The smallest absolute Gasteiger partial charge is 0.278 e. The van der Waals surface area contributed by atoms with Gasteiger partial charge in [-0.2, -0.15) is 0 Å². The van der Waals surface area contributed by atoms with Gasteiger partial charge in [0.15, 0.2) is 0 Å². The van der Waals surface area contributed by atoms with E-state index in [1.807, 2.05) is 20.8 Å². The molecule has 0 fully saturated rings. The van der Waals surface area contributed by atoms with Crippen LogP contribution in [0.1, 0.15) is 33.3 Å². The first-order valence-corrected chi connectivity index (χ1v) is 10.3. The van der Waals surface area contributed by atoms with Crippen molar-refractivity contribution >= 4 is 34.7 Å². The summed E-state index contributed by atoms with van der Waals surface area (Å²) >= 11 is 0. The van der Waals surface area contributed by atoms with Crippen LogP contribution in [-0.4, -0.2) is 35.8 Å². The first-order chi connectivity index (χ1) is 14.8. The molecule has 1 aliphatic heterocycles. The molecule has 0 radical (unpaired) electrons. The van der Waals surface area contributed by atoms with E-state index < -0.39 is 0 Å². The molecule has 1 aliphatic rings. The Morgan fingerprint density at radius 1 is 0.968 bits per heavy atom. The fraction of sp³-hybridized carbons (Fsp3) is 0.292. The Hall–Kier alpha value is -3.61. The van der Waals surface area contributed by atoms with Gasteiger partial charge in [0.2, 0.25) is 5.91 Å². The maximum atomic E-state index is 13.2. The molecular weight excluding hydrogens is 394 g/mol. The molecule has 0 unspecified atom stereocenters. The number of amides is 3. The van der Waals surface area contributed by atoms with Crippen molar-refractivity contribution in [3.63, 3.8) is 0 Å². The third-order valence-electron chi connectivity index (χ3n) is 4.64. The molecule has 0 saturated carbocycles. The molecule has 162 valence electrons. The standard InChI is InChI=1S/C24H27N3O4/c1-5-31-20-12-6-17(7-13-20)21-22(24(30)27(23(21)29)14-15(2)3)26-19-10-8-18(9-11-19)25-16(4)28/h6-13,15,26H,5,14H2,1-4H3,(H,25,28). The minimum Gasteiger partial charge on any atom is -0.494 e. The van der Waals surface area contributed by atoms with Gasteiger partial charge in [0, 0.05) is 24.8 Å². The first-order valence-electron chi connectivity index (χ1n) is 10.3. The lowest BCUT2D eigenvalue weighted by atomic mass is 10.0. The number of carbonyl (C=O) groups is 3. The van der Waals surface area contributed by atoms with Crippen molar-refractivity contribution in [2.75, 3.05) is 23.8 Å². The summed E-state index contributed by atoms with van der Waals surface area (Å²) in [4.78, 5) is 38.8. The van der Waals surface area contributed by atoms with Gasteiger partial charge >= 0.3 is 0 Å². The zero-order valence-electron chi connectivity index (χ0n) is 18.2. The number of ether oxygens (including phenoxy) is 1. The average molecular weight is 421 g/mol. The largest absolute Gasteiger partial charge is 0.494 e. The molecule has 2 aromatic rings. The Balaban J connectivity index is 1.96. The van der Waals surface area contributed by atoms with E-state index >= 15 is 0 Å². The zero-order valence-corrected chi connectivity index (χ0v) is 18.2. The van der Waals surface area contributed by atoms with Gasteiger partial charge in [-0.3, -0.25) is 19.3 Å². The summed E-state index contributed by atoms with van der Waals surface area (Å²) in [6.07, 6.45) is 0. The van der Waals surface area contributed by atoms with Crippen molar-refractivity contribution in [2.24, 2.45) is 5.92 Å². The van der Waals surface area contributed by atoms with Gasteiger partial charge in [-0.25, -0.2) is 0 Å². The van der Waals surface area contributed by atoms with Crippen LogP contribution in [0.5, 0.6) is 5.75 Å². The van der Waals surface area contributed by atoms with Gasteiger partial charge in [-0.15, -0.1) is 0 Å². The summed E-state index contributed by atoms with van der Waals surface area (Å²) in [5.74, 6) is 0.00680. The molecule has 1 heterocycles. The number of hydrogen-bond donors (Lipinski definition) is 2. The number of carbonyl (C=O) groups excluding carboxylic acids is 3. The lowest BCUT2D eigenvalue weighted by Gasteiger charge is -2.17. The predicted molar refractivity (Wildman–Crippen MR) is 120 cm³/mol. The van der Waals surface area contributed by atoms with Crippen LogP contribution in [0.4, 0.5) is 11.4 Å². The number of nitrogens with zero attached hydrogens (tertiary/aromatic N) is 1. The van der Waals surface area contributed by atoms with Crippen LogP contribution in [0.25, 0.3) is 5.57 Å². The molecule has 2 aromatic carbocycles. The van der Waals surface area contributed by atoms with Crippen molar-refractivity contribution in [3.8, 4) is 5.75 Å². The van der Waals surface area contributed by atoms with E-state index in [-0.39, 0.29) is 29.3 Å². The normalized spacial score (nSPS) is 13.8. The van der Waals surface area contributed by atoms with E-state index in [0.29, 0.717) is 41.4 Å². The second-order valence-corrected chi connectivity index (χ2v) is 7.71. The van der Waals surface area contributed by atoms with E-state index in [1.165, 1.54) is 11.8 Å². The van der Waals surface area contributed by atoms with Crippen LogP contribution in [0.15, 0.2) is 54.2 Å². The quantitative estimate of drug-likeness (QED) is 0.632. The Morgan fingerprint density at radius 3 is 2.13 bits per heavy atom. The predicted octanol–water partition coefficient (Wildman–Crippen LogP) is 3.89. The highest BCUT2D eigenvalue weighted by atomic mass is 16.5. The monoisotopic (exact) mass is 421 g/mol. The molecule has 7 heteroatoms. The number of rotatable bonds is 8. The second kappa shape index (κ2) is 9.47. The molecule has 0 spiro atoms. The number of hydrogen-bond acceptors (Lipinski definition) is 5. The molecule has 0 bridgehead atoms.